The Morgan fingerprint density at radius 1 is 0.943 bits per heavy atom. The third kappa shape index (κ3) is 4.23. The van der Waals surface area contributed by atoms with Gasteiger partial charge >= 0.3 is 6.43 Å². The van der Waals surface area contributed by atoms with Crippen LogP contribution >= 0.6 is 0 Å². The number of benzene rings is 1. The van der Waals surface area contributed by atoms with Gasteiger partial charge in [0.15, 0.2) is 0 Å². The highest BCUT2D eigenvalue weighted by molar-refractivity contribution is 5.99. The van der Waals surface area contributed by atoms with Crippen molar-refractivity contribution in [3.63, 3.8) is 0 Å². The van der Waals surface area contributed by atoms with Gasteiger partial charge in [-0.15, -0.1) is 10.2 Å². The molecular weight excluding hydrogens is 470 g/mol. The summed E-state index contributed by atoms with van der Waals surface area (Å²) in [6, 6.07) is 11.0. The predicted octanol–water partition coefficient (Wildman–Crippen LogP) is 4.17. The fraction of sp³-hybridized carbons (Fsp3) is 0.174. The fourth-order valence-electron chi connectivity index (χ4n) is 3.95. The maximum absolute atomic E-state index is 14.0. The Hall–Kier alpha value is -4.19. The Bertz CT molecular complexity index is 1410. The van der Waals surface area contributed by atoms with Gasteiger partial charge in [0.05, 0.1) is 11.4 Å². The molecule has 1 amide bonds. The van der Waals surface area contributed by atoms with E-state index in [1.54, 1.807) is 6.07 Å². The van der Waals surface area contributed by atoms with E-state index >= 15 is 0 Å². The Labute approximate surface area is 194 Å². The molecule has 5 rings (SSSR count). The summed E-state index contributed by atoms with van der Waals surface area (Å²) in [5.74, 6) is -3.26. The van der Waals surface area contributed by atoms with E-state index in [-0.39, 0.29) is 35.0 Å². The van der Waals surface area contributed by atoms with Crippen LogP contribution in [0.2, 0.25) is 0 Å². The molecule has 1 aliphatic rings. The van der Waals surface area contributed by atoms with Gasteiger partial charge in [-0.25, -0.2) is 9.97 Å². The standard InChI is InChI=1S/C23H15F4N5O3/c24-16-5-1-3-14(28-16)18(19(33)15-4-2-6-17(25)29-15)32-10-12-8-7-11(9-13(12)23(32)34)21-30-31-22(35-21)20(26)27/h1-9,18-20,33H,10H2/t18-,19+/m1/s1. The molecule has 0 bridgehead atoms. The summed E-state index contributed by atoms with van der Waals surface area (Å²) in [6.45, 7) is 0.00972. The summed E-state index contributed by atoms with van der Waals surface area (Å²) in [7, 11) is 0. The van der Waals surface area contributed by atoms with E-state index in [1.807, 2.05) is 0 Å². The summed E-state index contributed by atoms with van der Waals surface area (Å²) >= 11 is 0. The van der Waals surface area contributed by atoms with E-state index in [0.29, 0.717) is 5.56 Å². The number of alkyl halides is 2. The van der Waals surface area contributed by atoms with Gasteiger partial charge in [0.1, 0.15) is 12.1 Å². The molecule has 3 aromatic heterocycles. The lowest BCUT2D eigenvalue weighted by Gasteiger charge is -2.31. The third-order valence-corrected chi connectivity index (χ3v) is 5.53. The molecule has 8 nitrogen and oxygen atoms in total. The summed E-state index contributed by atoms with van der Waals surface area (Å²) in [6.07, 6.45) is -4.48. The first-order chi connectivity index (χ1) is 16.8. The van der Waals surface area contributed by atoms with Crippen molar-refractivity contribution in [2.24, 2.45) is 0 Å². The summed E-state index contributed by atoms with van der Waals surface area (Å²) in [5, 5.41) is 18.0. The average Bonchev–Trinajstić information content (AvgIpc) is 3.45. The van der Waals surface area contributed by atoms with Crippen molar-refractivity contribution in [3.8, 4) is 11.5 Å². The number of aliphatic hydroxyl groups is 1. The van der Waals surface area contributed by atoms with Gasteiger partial charge in [-0.05, 0) is 42.0 Å². The second kappa shape index (κ2) is 8.87. The molecule has 0 fully saturated rings. The molecule has 4 aromatic rings. The van der Waals surface area contributed by atoms with Gasteiger partial charge in [-0.2, -0.15) is 17.6 Å². The van der Waals surface area contributed by atoms with Crippen LogP contribution < -0.4 is 0 Å². The summed E-state index contributed by atoms with van der Waals surface area (Å²) < 4.78 is 58.3. The van der Waals surface area contributed by atoms with Crippen molar-refractivity contribution >= 4 is 5.91 Å². The number of hydrogen-bond donors (Lipinski definition) is 1. The molecule has 1 N–H and O–H groups in total. The molecule has 0 saturated carbocycles. The van der Waals surface area contributed by atoms with Gasteiger partial charge in [0, 0.05) is 17.7 Å². The van der Waals surface area contributed by atoms with Crippen molar-refractivity contribution in [1.82, 2.24) is 25.1 Å². The molecule has 0 spiro atoms. The zero-order chi connectivity index (χ0) is 24.7. The Kier molecular flexibility index (Phi) is 5.73. The molecular formula is C23H15F4N5O3. The smallest absolute Gasteiger partial charge is 0.314 e. The summed E-state index contributed by atoms with van der Waals surface area (Å²) in [5.41, 5.74) is 0.943. The number of amides is 1. The number of nitrogens with zero attached hydrogens (tertiary/aromatic N) is 5. The zero-order valence-electron chi connectivity index (χ0n) is 17.6. The molecule has 1 aliphatic heterocycles. The lowest BCUT2D eigenvalue weighted by atomic mass is 10.0. The minimum Gasteiger partial charge on any atom is -0.415 e. The van der Waals surface area contributed by atoms with Crippen molar-refractivity contribution < 1.29 is 31.9 Å². The molecule has 12 heteroatoms. The quantitative estimate of drug-likeness (QED) is 0.323. The lowest BCUT2D eigenvalue weighted by molar-refractivity contribution is 0.0327. The minimum absolute atomic E-state index is 0.00972. The first-order valence-corrected chi connectivity index (χ1v) is 10.3. The average molecular weight is 485 g/mol. The number of aromatic nitrogens is 4. The lowest BCUT2D eigenvalue weighted by Crippen LogP contribution is -2.34. The highest BCUT2D eigenvalue weighted by Crippen LogP contribution is 2.39. The number of aliphatic hydroxyl groups excluding tert-OH is 1. The van der Waals surface area contributed by atoms with Gasteiger partial charge in [0.25, 0.3) is 11.8 Å². The van der Waals surface area contributed by atoms with Crippen LogP contribution in [-0.4, -0.2) is 36.1 Å². The number of rotatable bonds is 6. The topological polar surface area (TPSA) is 105 Å². The van der Waals surface area contributed by atoms with Crippen molar-refractivity contribution in [1.29, 1.82) is 0 Å². The Morgan fingerprint density at radius 2 is 1.63 bits per heavy atom. The summed E-state index contributed by atoms with van der Waals surface area (Å²) in [4.78, 5) is 22.2. The van der Waals surface area contributed by atoms with Crippen LogP contribution in [0.3, 0.4) is 0 Å². The molecule has 0 saturated heterocycles. The molecule has 0 radical (unpaired) electrons. The van der Waals surface area contributed by atoms with E-state index in [0.717, 1.165) is 12.1 Å². The first kappa shape index (κ1) is 22.6. The highest BCUT2D eigenvalue weighted by atomic mass is 19.3. The zero-order valence-corrected chi connectivity index (χ0v) is 17.6. The molecule has 1 aromatic carbocycles. The largest absolute Gasteiger partial charge is 0.415 e. The molecule has 2 atom stereocenters. The maximum Gasteiger partial charge on any atom is 0.314 e. The number of carbonyl (C=O) groups is 1. The molecule has 4 heterocycles. The number of halogens is 4. The monoisotopic (exact) mass is 485 g/mol. The van der Waals surface area contributed by atoms with Gasteiger partial charge in [-0.1, -0.05) is 18.2 Å². The second-order valence-corrected chi connectivity index (χ2v) is 7.71. The van der Waals surface area contributed by atoms with E-state index in [2.05, 4.69) is 20.2 Å². The van der Waals surface area contributed by atoms with Gasteiger partial charge in [-0.3, -0.25) is 4.79 Å². The third-order valence-electron chi connectivity index (χ3n) is 5.53. The van der Waals surface area contributed by atoms with Crippen LogP contribution in [0.5, 0.6) is 0 Å². The van der Waals surface area contributed by atoms with Gasteiger partial charge in [0.2, 0.25) is 17.8 Å². The maximum atomic E-state index is 14.0. The van der Waals surface area contributed by atoms with E-state index in [1.165, 1.54) is 41.3 Å². The molecule has 0 aliphatic carbocycles. The van der Waals surface area contributed by atoms with Crippen LogP contribution in [0.4, 0.5) is 17.6 Å². The predicted molar refractivity (Wildman–Crippen MR) is 111 cm³/mol. The van der Waals surface area contributed by atoms with Crippen molar-refractivity contribution in [3.05, 3.63) is 94.9 Å². The van der Waals surface area contributed by atoms with Crippen molar-refractivity contribution in [2.45, 2.75) is 25.1 Å². The van der Waals surface area contributed by atoms with Crippen LogP contribution in [0.1, 0.15) is 51.8 Å². The fourth-order valence-corrected chi connectivity index (χ4v) is 3.95. The molecule has 178 valence electrons. The highest BCUT2D eigenvalue weighted by Gasteiger charge is 2.39. The second-order valence-electron chi connectivity index (χ2n) is 7.71. The number of fused-ring (bicyclic) bond motifs is 1. The Morgan fingerprint density at radius 3 is 2.29 bits per heavy atom. The van der Waals surface area contributed by atoms with Crippen LogP contribution in [0.15, 0.2) is 59.0 Å². The van der Waals surface area contributed by atoms with Crippen LogP contribution in [0.25, 0.3) is 11.5 Å². The number of carbonyl (C=O) groups excluding carboxylic acids is 1. The SMILES string of the molecule is O=C1c2cc(-c3nnc(C(F)F)o3)ccc2CN1[C@H](c1cccc(F)n1)[C@@H](O)c1cccc(F)n1. The molecule has 0 unspecified atom stereocenters. The number of hydrogen-bond acceptors (Lipinski definition) is 7. The van der Waals surface area contributed by atoms with E-state index < -0.39 is 42.3 Å². The van der Waals surface area contributed by atoms with Gasteiger partial charge < -0.3 is 14.4 Å². The first-order valence-electron chi connectivity index (χ1n) is 10.3. The van der Waals surface area contributed by atoms with Crippen molar-refractivity contribution in [2.75, 3.05) is 0 Å². The molecule has 35 heavy (non-hydrogen) atoms. The van der Waals surface area contributed by atoms with E-state index in [9.17, 15) is 27.5 Å². The normalized spacial score (nSPS) is 14.9. The van der Waals surface area contributed by atoms with E-state index in [4.69, 9.17) is 4.42 Å². The minimum atomic E-state index is -2.94. The van der Waals surface area contributed by atoms with Crippen LogP contribution in [-0.2, 0) is 6.54 Å². The number of pyridine rings is 2. The Balaban J connectivity index is 1.53. The van der Waals surface area contributed by atoms with Crippen LogP contribution in [0, 0.1) is 11.9 Å².